The number of hydrogen-bond acceptors (Lipinski definition) is 5. The zero-order valence-electron chi connectivity index (χ0n) is 16.6. The first-order valence-electron chi connectivity index (χ1n) is 9.53. The monoisotopic (exact) mass is 413 g/mol. The fraction of sp³-hybridized carbons (Fsp3) is 0.0417. The maximum absolute atomic E-state index is 12.5. The van der Waals surface area contributed by atoms with Crippen molar-refractivity contribution in [3.05, 3.63) is 95.9 Å². The molecule has 0 saturated heterocycles. The van der Waals surface area contributed by atoms with Gasteiger partial charge in [-0.15, -0.1) is 0 Å². The average molecular weight is 413 g/mol. The van der Waals surface area contributed by atoms with Crippen LogP contribution in [0.25, 0.3) is 10.8 Å². The lowest BCUT2D eigenvalue weighted by molar-refractivity contribution is 0.0951. The summed E-state index contributed by atoms with van der Waals surface area (Å²) >= 11 is 0. The van der Waals surface area contributed by atoms with Gasteiger partial charge in [0.15, 0.2) is 5.76 Å². The van der Waals surface area contributed by atoms with Gasteiger partial charge >= 0.3 is 0 Å². The van der Waals surface area contributed by atoms with Gasteiger partial charge in [-0.1, -0.05) is 36.4 Å². The van der Waals surface area contributed by atoms with Crippen molar-refractivity contribution >= 4 is 34.0 Å². The molecule has 0 aliphatic carbocycles. The van der Waals surface area contributed by atoms with Crippen LogP contribution in [-0.2, 0) is 0 Å². The van der Waals surface area contributed by atoms with E-state index in [1.54, 1.807) is 55.5 Å². The van der Waals surface area contributed by atoms with Gasteiger partial charge in [-0.3, -0.25) is 9.59 Å². The number of anilines is 1. The Kier molecular flexibility index (Phi) is 5.49. The number of nitrogens with one attached hydrogen (secondary N) is 2. The molecule has 0 aliphatic rings. The third-order valence-corrected chi connectivity index (χ3v) is 4.72. The highest BCUT2D eigenvalue weighted by Crippen LogP contribution is 2.25. The van der Waals surface area contributed by atoms with E-state index in [1.807, 2.05) is 24.3 Å². The Morgan fingerprint density at radius 3 is 2.42 bits per heavy atom. The summed E-state index contributed by atoms with van der Waals surface area (Å²) in [6.07, 6.45) is 1.43. The predicted octanol–water partition coefficient (Wildman–Crippen LogP) is 4.54. The zero-order valence-corrected chi connectivity index (χ0v) is 16.6. The number of amides is 2. The summed E-state index contributed by atoms with van der Waals surface area (Å²) in [6, 6.07) is 20.9. The summed E-state index contributed by atoms with van der Waals surface area (Å²) in [6.45, 7) is 1.73. The van der Waals surface area contributed by atoms with E-state index in [4.69, 9.17) is 4.42 Å². The summed E-state index contributed by atoms with van der Waals surface area (Å²) < 4.78 is 5.08. The summed E-state index contributed by atoms with van der Waals surface area (Å²) in [5.41, 5.74) is 4.41. The van der Waals surface area contributed by atoms with Crippen molar-refractivity contribution in [2.45, 2.75) is 6.92 Å². The minimum atomic E-state index is -0.523. The van der Waals surface area contributed by atoms with Gasteiger partial charge in [-0.2, -0.15) is 5.10 Å². The number of phenolic OH excluding ortho intramolecular Hbond substituents is 1. The molecule has 1 aromatic heterocycles. The summed E-state index contributed by atoms with van der Waals surface area (Å²) in [4.78, 5) is 24.7. The van der Waals surface area contributed by atoms with Crippen molar-refractivity contribution in [1.29, 1.82) is 0 Å². The van der Waals surface area contributed by atoms with E-state index in [9.17, 15) is 14.7 Å². The first-order valence-corrected chi connectivity index (χ1v) is 9.53. The van der Waals surface area contributed by atoms with E-state index in [0.29, 0.717) is 17.0 Å². The number of nitrogens with zero attached hydrogens (tertiary/aromatic N) is 1. The fourth-order valence-electron chi connectivity index (χ4n) is 3.09. The van der Waals surface area contributed by atoms with Crippen molar-refractivity contribution in [2.75, 3.05) is 5.32 Å². The lowest BCUT2D eigenvalue weighted by atomic mass is 10.1. The largest absolute Gasteiger partial charge is 0.507 e. The second-order valence-electron chi connectivity index (χ2n) is 6.87. The molecule has 3 aromatic carbocycles. The van der Waals surface area contributed by atoms with E-state index in [-0.39, 0.29) is 23.0 Å². The Labute approximate surface area is 178 Å². The van der Waals surface area contributed by atoms with Gasteiger partial charge in [-0.05, 0) is 59.7 Å². The third kappa shape index (κ3) is 4.45. The molecule has 0 bridgehead atoms. The molecular formula is C24H19N3O4. The molecule has 0 atom stereocenters. The number of phenols is 1. The van der Waals surface area contributed by atoms with Gasteiger partial charge in [-0.25, -0.2) is 5.43 Å². The van der Waals surface area contributed by atoms with Crippen molar-refractivity contribution < 1.29 is 19.1 Å². The third-order valence-electron chi connectivity index (χ3n) is 4.72. The minimum absolute atomic E-state index is 0.119. The van der Waals surface area contributed by atoms with Gasteiger partial charge in [0.05, 0.1) is 17.5 Å². The molecule has 0 unspecified atom stereocenters. The maximum atomic E-state index is 12.5. The van der Waals surface area contributed by atoms with Crippen LogP contribution in [0.1, 0.15) is 33.4 Å². The van der Waals surface area contributed by atoms with Gasteiger partial charge in [0, 0.05) is 5.69 Å². The molecule has 0 radical (unpaired) electrons. The molecule has 0 saturated carbocycles. The molecule has 31 heavy (non-hydrogen) atoms. The number of hydrogen-bond donors (Lipinski definition) is 3. The first-order chi connectivity index (χ1) is 15.0. The highest BCUT2D eigenvalue weighted by molar-refractivity contribution is 6.05. The van der Waals surface area contributed by atoms with Crippen LogP contribution in [0.15, 0.2) is 88.6 Å². The van der Waals surface area contributed by atoms with E-state index in [2.05, 4.69) is 15.8 Å². The van der Waals surface area contributed by atoms with Gasteiger partial charge in [0.2, 0.25) is 0 Å². The number of aromatic hydroxyl groups is 1. The molecule has 0 fully saturated rings. The number of fused-ring (bicyclic) bond motifs is 1. The Hall–Kier alpha value is -4.39. The van der Waals surface area contributed by atoms with Gasteiger partial charge < -0.3 is 14.8 Å². The first kappa shape index (κ1) is 19.9. The second kappa shape index (κ2) is 8.54. The summed E-state index contributed by atoms with van der Waals surface area (Å²) in [7, 11) is 0. The van der Waals surface area contributed by atoms with Crippen LogP contribution in [-0.4, -0.2) is 22.6 Å². The topological polar surface area (TPSA) is 104 Å². The molecule has 0 spiro atoms. The number of carbonyl (C=O) groups is 2. The number of benzene rings is 3. The van der Waals surface area contributed by atoms with Crippen LogP contribution in [0, 0.1) is 0 Å². The molecule has 2 amide bonds. The van der Waals surface area contributed by atoms with Crippen molar-refractivity contribution in [2.24, 2.45) is 5.10 Å². The average Bonchev–Trinajstić information content (AvgIpc) is 3.32. The summed E-state index contributed by atoms with van der Waals surface area (Å²) in [5.74, 6) is -0.799. The predicted molar refractivity (Wildman–Crippen MR) is 118 cm³/mol. The second-order valence-corrected chi connectivity index (χ2v) is 6.87. The van der Waals surface area contributed by atoms with Crippen molar-refractivity contribution in [3.63, 3.8) is 0 Å². The molecule has 0 aliphatic heterocycles. The molecule has 7 nitrogen and oxygen atoms in total. The lowest BCUT2D eigenvalue weighted by Gasteiger charge is -2.08. The van der Waals surface area contributed by atoms with Crippen molar-refractivity contribution in [1.82, 2.24) is 5.43 Å². The molecule has 4 aromatic rings. The minimum Gasteiger partial charge on any atom is -0.507 e. The Morgan fingerprint density at radius 2 is 1.68 bits per heavy atom. The van der Waals surface area contributed by atoms with E-state index in [1.165, 1.54) is 6.26 Å². The van der Waals surface area contributed by atoms with Crippen molar-refractivity contribution in [3.8, 4) is 5.75 Å². The molecule has 1 heterocycles. The Bertz CT molecular complexity index is 1290. The Morgan fingerprint density at radius 1 is 0.903 bits per heavy atom. The quantitative estimate of drug-likeness (QED) is 0.330. The number of rotatable bonds is 5. The van der Waals surface area contributed by atoms with Gasteiger partial charge in [0.25, 0.3) is 11.8 Å². The molecule has 154 valence electrons. The molecule has 4 rings (SSSR count). The number of hydrazone groups is 1. The SMILES string of the molecule is C/C(=N\NC(=O)c1cc2ccccc2cc1O)c1cccc(NC(=O)c2ccco2)c1. The maximum Gasteiger partial charge on any atom is 0.291 e. The van der Waals surface area contributed by atoms with Crippen LogP contribution in [0.4, 0.5) is 5.69 Å². The summed E-state index contributed by atoms with van der Waals surface area (Å²) in [5, 5.41) is 18.8. The normalized spacial score (nSPS) is 11.3. The lowest BCUT2D eigenvalue weighted by Crippen LogP contribution is -2.19. The van der Waals surface area contributed by atoms with Crippen LogP contribution >= 0.6 is 0 Å². The van der Waals surface area contributed by atoms with Crippen LogP contribution in [0.2, 0.25) is 0 Å². The van der Waals surface area contributed by atoms with E-state index in [0.717, 1.165) is 10.8 Å². The van der Waals surface area contributed by atoms with Gasteiger partial charge in [0.1, 0.15) is 5.75 Å². The molecular weight excluding hydrogens is 394 g/mol. The van der Waals surface area contributed by atoms with Crippen LogP contribution < -0.4 is 10.7 Å². The molecule has 7 heteroatoms. The number of furan rings is 1. The van der Waals surface area contributed by atoms with E-state index >= 15 is 0 Å². The highest BCUT2D eigenvalue weighted by atomic mass is 16.3. The standard InChI is InChI=1S/C24H19N3O4/c1-15(16-8-4-9-19(12-16)25-24(30)22-10-5-11-31-22)26-27-23(29)20-13-17-6-2-3-7-18(17)14-21(20)28/h2-14,28H,1H3,(H,25,30)(H,27,29)/b26-15+. The van der Waals surface area contributed by atoms with E-state index < -0.39 is 5.91 Å². The fourth-order valence-corrected chi connectivity index (χ4v) is 3.09. The highest BCUT2D eigenvalue weighted by Gasteiger charge is 2.13. The zero-order chi connectivity index (χ0) is 21.8. The molecule has 3 N–H and O–H groups in total. The Balaban J connectivity index is 1.49. The smallest absolute Gasteiger partial charge is 0.291 e. The number of carbonyl (C=O) groups excluding carboxylic acids is 2. The van der Waals surface area contributed by atoms with Crippen LogP contribution in [0.3, 0.4) is 0 Å². The van der Waals surface area contributed by atoms with Crippen LogP contribution in [0.5, 0.6) is 5.75 Å².